The lowest BCUT2D eigenvalue weighted by atomic mass is 9.97. The predicted octanol–water partition coefficient (Wildman–Crippen LogP) is 1.75. The van der Waals surface area contributed by atoms with Crippen LogP contribution in [-0.2, 0) is 10.0 Å². The summed E-state index contributed by atoms with van der Waals surface area (Å²) >= 11 is 5.91. The van der Waals surface area contributed by atoms with Crippen molar-refractivity contribution < 1.29 is 13.5 Å². The minimum absolute atomic E-state index is 0.0130. The fourth-order valence-corrected chi connectivity index (χ4v) is 3.72. The van der Waals surface area contributed by atoms with Gasteiger partial charge in [0.15, 0.2) is 0 Å². The normalized spacial score (nSPS) is 15.2. The molecule has 0 aromatic heterocycles. The van der Waals surface area contributed by atoms with Crippen LogP contribution in [0.5, 0.6) is 0 Å². The number of nitrogens with two attached hydrogens (primary N) is 1. The number of sulfonamides is 1. The van der Waals surface area contributed by atoms with Gasteiger partial charge in [0.2, 0.25) is 10.0 Å². The Labute approximate surface area is 118 Å². The van der Waals surface area contributed by atoms with E-state index >= 15 is 0 Å². The van der Waals surface area contributed by atoms with Gasteiger partial charge in [-0.25, -0.2) is 13.1 Å². The van der Waals surface area contributed by atoms with Crippen molar-refractivity contribution in [3.8, 4) is 0 Å². The lowest BCUT2D eigenvalue weighted by Crippen LogP contribution is -2.46. The third kappa shape index (κ3) is 4.07. The maximum Gasteiger partial charge on any atom is 0.242 e. The monoisotopic (exact) mass is 306 g/mol. The molecule has 1 aromatic carbocycles. The molecular weight excluding hydrogens is 288 g/mol. The zero-order valence-corrected chi connectivity index (χ0v) is 12.6. The Morgan fingerprint density at radius 1 is 1.47 bits per heavy atom. The van der Waals surface area contributed by atoms with Crippen molar-refractivity contribution in [2.24, 2.45) is 0 Å². The van der Waals surface area contributed by atoms with Gasteiger partial charge >= 0.3 is 0 Å². The molecule has 1 atom stereocenters. The third-order valence-corrected chi connectivity index (χ3v) is 5.19. The average Bonchev–Trinajstić information content (AvgIpc) is 2.27. The van der Waals surface area contributed by atoms with E-state index in [2.05, 4.69) is 4.72 Å². The molecule has 0 amide bonds. The van der Waals surface area contributed by atoms with Crippen molar-refractivity contribution in [3.63, 3.8) is 0 Å². The maximum atomic E-state index is 12.3. The number of rotatable bonds is 6. The van der Waals surface area contributed by atoms with Gasteiger partial charge < -0.3 is 10.8 Å². The van der Waals surface area contributed by atoms with E-state index < -0.39 is 15.6 Å². The number of halogens is 1. The van der Waals surface area contributed by atoms with Crippen LogP contribution in [0.3, 0.4) is 0 Å². The zero-order valence-electron chi connectivity index (χ0n) is 11.0. The fraction of sp³-hybridized carbons (Fsp3) is 0.500. The molecule has 0 fully saturated rings. The van der Waals surface area contributed by atoms with E-state index in [1.807, 2.05) is 6.92 Å². The van der Waals surface area contributed by atoms with Crippen molar-refractivity contribution in [2.75, 3.05) is 12.3 Å². The second-order valence-corrected chi connectivity index (χ2v) is 6.74. The molecule has 0 radical (unpaired) electrons. The van der Waals surface area contributed by atoms with Crippen LogP contribution in [0.2, 0.25) is 5.02 Å². The van der Waals surface area contributed by atoms with Gasteiger partial charge in [0.1, 0.15) is 4.90 Å². The third-order valence-electron chi connectivity index (χ3n) is 3.07. The number of aliphatic hydroxyl groups is 1. The average molecular weight is 307 g/mol. The molecule has 1 rings (SSSR count). The lowest BCUT2D eigenvalue weighted by Gasteiger charge is -2.28. The summed E-state index contributed by atoms with van der Waals surface area (Å²) in [5.41, 5.74) is 5.23. The Hall–Kier alpha value is -0.820. The molecule has 7 heteroatoms. The van der Waals surface area contributed by atoms with Crippen LogP contribution in [0, 0.1) is 0 Å². The molecule has 1 aromatic rings. The van der Waals surface area contributed by atoms with Gasteiger partial charge in [-0.2, -0.15) is 0 Å². The minimum Gasteiger partial charge on any atom is -0.399 e. The van der Waals surface area contributed by atoms with Crippen LogP contribution >= 0.6 is 11.6 Å². The van der Waals surface area contributed by atoms with Crippen molar-refractivity contribution >= 4 is 27.3 Å². The number of anilines is 1. The highest BCUT2D eigenvalue weighted by molar-refractivity contribution is 7.89. The van der Waals surface area contributed by atoms with Crippen molar-refractivity contribution in [2.45, 2.75) is 37.1 Å². The smallest absolute Gasteiger partial charge is 0.242 e. The summed E-state index contributed by atoms with van der Waals surface area (Å²) in [6, 6.07) is 4.25. The van der Waals surface area contributed by atoms with Crippen molar-refractivity contribution in [3.05, 3.63) is 23.2 Å². The molecule has 1 unspecified atom stereocenters. The molecule has 4 N–H and O–H groups in total. The molecule has 5 nitrogen and oxygen atoms in total. The first-order valence-electron chi connectivity index (χ1n) is 5.94. The summed E-state index contributed by atoms with van der Waals surface area (Å²) in [5, 5.41) is 9.09. The molecule has 0 aliphatic heterocycles. The van der Waals surface area contributed by atoms with Crippen LogP contribution in [0.1, 0.15) is 26.7 Å². The Morgan fingerprint density at radius 2 is 2.11 bits per heavy atom. The van der Waals surface area contributed by atoms with Crippen molar-refractivity contribution in [1.29, 1.82) is 0 Å². The van der Waals surface area contributed by atoms with E-state index in [0.717, 1.165) is 0 Å². The zero-order chi connectivity index (χ0) is 14.7. The van der Waals surface area contributed by atoms with E-state index in [-0.39, 0.29) is 16.5 Å². The number of hydrogen-bond donors (Lipinski definition) is 3. The summed E-state index contributed by atoms with van der Waals surface area (Å²) in [6.45, 7) is 3.50. The topological polar surface area (TPSA) is 92.4 Å². The molecule has 108 valence electrons. The summed E-state index contributed by atoms with van der Waals surface area (Å²) in [5.74, 6) is 0. The highest BCUT2D eigenvalue weighted by Crippen LogP contribution is 2.26. The molecule has 0 bridgehead atoms. The molecule has 0 aliphatic rings. The highest BCUT2D eigenvalue weighted by Gasteiger charge is 2.29. The number of hydrogen-bond acceptors (Lipinski definition) is 4. The van der Waals surface area contributed by atoms with E-state index in [9.17, 15) is 8.42 Å². The van der Waals surface area contributed by atoms with Crippen LogP contribution < -0.4 is 10.5 Å². The second kappa shape index (κ2) is 6.09. The summed E-state index contributed by atoms with van der Waals surface area (Å²) in [4.78, 5) is -0.0130. The SMILES string of the molecule is CCC(C)(CCO)NS(=O)(=O)c1ccc(N)cc1Cl. The first-order chi connectivity index (χ1) is 8.74. The van der Waals surface area contributed by atoms with Crippen LogP contribution in [0.25, 0.3) is 0 Å². The molecule has 0 aliphatic carbocycles. The van der Waals surface area contributed by atoms with Gasteiger partial charge in [0.25, 0.3) is 0 Å². The highest BCUT2D eigenvalue weighted by atomic mass is 35.5. The first-order valence-corrected chi connectivity index (χ1v) is 7.80. The fourth-order valence-electron chi connectivity index (χ4n) is 1.66. The molecule has 0 heterocycles. The molecule has 0 saturated heterocycles. The Kier molecular flexibility index (Phi) is 5.20. The van der Waals surface area contributed by atoms with Gasteiger partial charge in [0, 0.05) is 17.8 Å². The largest absolute Gasteiger partial charge is 0.399 e. The van der Waals surface area contributed by atoms with E-state index in [1.54, 1.807) is 6.92 Å². The first kappa shape index (κ1) is 16.2. The summed E-state index contributed by atoms with van der Waals surface area (Å²) in [7, 11) is -3.75. The Bertz CT molecular complexity index is 548. The Morgan fingerprint density at radius 3 is 2.58 bits per heavy atom. The summed E-state index contributed by atoms with van der Waals surface area (Å²) in [6.07, 6.45) is 0.884. The number of benzene rings is 1. The van der Waals surface area contributed by atoms with Crippen LogP contribution in [-0.4, -0.2) is 25.7 Å². The number of aliphatic hydroxyl groups excluding tert-OH is 1. The number of nitrogen functional groups attached to an aromatic ring is 1. The van der Waals surface area contributed by atoms with Gasteiger partial charge in [-0.3, -0.25) is 0 Å². The molecular formula is C12H19ClN2O3S. The lowest BCUT2D eigenvalue weighted by molar-refractivity contribution is 0.233. The molecule has 19 heavy (non-hydrogen) atoms. The van der Waals surface area contributed by atoms with Gasteiger partial charge in [-0.15, -0.1) is 0 Å². The maximum absolute atomic E-state index is 12.3. The van der Waals surface area contributed by atoms with Gasteiger partial charge in [-0.1, -0.05) is 18.5 Å². The van der Waals surface area contributed by atoms with E-state index in [4.69, 9.17) is 22.4 Å². The van der Waals surface area contributed by atoms with E-state index in [0.29, 0.717) is 18.5 Å². The van der Waals surface area contributed by atoms with E-state index in [1.165, 1.54) is 18.2 Å². The Balaban J connectivity index is 3.10. The predicted molar refractivity (Wildman–Crippen MR) is 76.6 cm³/mol. The van der Waals surface area contributed by atoms with Crippen LogP contribution in [0.4, 0.5) is 5.69 Å². The standard InChI is InChI=1S/C12H19ClN2O3S/c1-3-12(2,6-7-16)15-19(17,18)11-5-4-9(14)8-10(11)13/h4-5,8,15-16H,3,6-7,14H2,1-2H3. The minimum atomic E-state index is -3.75. The second-order valence-electron chi connectivity index (χ2n) is 4.68. The van der Waals surface area contributed by atoms with Crippen molar-refractivity contribution in [1.82, 2.24) is 4.72 Å². The van der Waals surface area contributed by atoms with Crippen LogP contribution in [0.15, 0.2) is 23.1 Å². The molecule has 0 saturated carbocycles. The quantitative estimate of drug-likeness (QED) is 0.698. The summed E-state index contributed by atoms with van der Waals surface area (Å²) < 4.78 is 27.2. The van der Waals surface area contributed by atoms with Gasteiger partial charge in [0.05, 0.1) is 5.02 Å². The van der Waals surface area contributed by atoms with Gasteiger partial charge in [-0.05, 0) is 38.0 Å². The molecule has 0 spiro atoms. The number of nitrogens with one attached hydrogen (secondary N) is 1.